The summed E-state index contributed by atoms with van der Waals surface area (Å²) in [6, 6.07) is 0. The number of terminal acetylenes is 1. The molecule has 28 aromatic carbocycles. The zero-order valence-electron chi connectivity index (χ0n) is 33.1. The molecule has 0 heteroatoms. The average molecular weight is 785 g/mol. The maximum Gasteiger partial charge on any atom is 0.0981 e. The minimum atomic E-state index is -0.606. The lowest BCUT2D eigenvalue weighted by Crippen LogP contribution is -2.49. The summed E-state index contributed by atoms with van der Waals surface area (Å²) in [6.45, 7) is 2.73. The van der Waals surface area contributed by atoms with Crippen molar-refractivity contribution < 1.29 is 0 Å². The van der Waals surface area contributed by atoms with Crippen molar-refractivity contribution in [3.8, 4) is 24.2 Å². The van der Waals surface area contributed by atoms with Crippen LogP contribution in [0.4, 0.5) is 0 Å². The van der Waals surface area contributed by atoms with Gasteiger partial charge in [0.2, 0.25) is 0 Å². The van der Waals surface area contributed by atoms with Crippen molar-refractivity contribution in [1.82, 2.24) is 0 Å². The van der Waals surface area contributed by atoms with E-state index in [1.807, 2.05) is 0 Å². The van der Waals surface area contributed by atoms with Crippen LogP contribution in [0.2, 0.25) is 0 Å². The second-order valence-electron chi connectivity index (χ2n) is 24.0. The summed E-state index contributed by atoms with van der Waals surface area (Å²) in [6.07, 6.45) is 6.47. The minimum absolute atomic E-state index is 0.414. The molecule has 0 nitrogen and oxygen atoms in total. The van der Waals surface area contributed by atoms with Crippen LogP contribution in [0.3, 0.4) is 0 Å². The minimum Gasteiger partial charge on any atom is -0.106 e. The molecule has 0 amide bonds. The van der Waals surface area contributed by atoms with E-state index in [-0.39, 0.29) is 0 Å². The van der Waals surface area contributed by atoms with Crippen molar-refractivity contribution in [2.75, 3.05) is 0 Å². The SMILES string of the molecule is C#CC#CC12c3c4c5c6c7c8c(c9c%10c1c1c3c3c%11c4c4c5c5c7c7c%12c8c8c9c9c%10c%10c1c1c3c3c%11c%11c4c4c5c7c5c7c%12c8c8c9c9c%10c1c1c3c3c%11c4c5c4c7c8c9c1c34)C62C. The molecule has 264 valence electrons. The second-order valence-corrected chi connectivity index (χ2v) is 24.0. The molecule has 0 unspecified atom stereocenters. The third-order valence-electron chi connectivity index (χ3n) is 24.1. The van der Waals surface area contributed by atoms with E-state index in [0.717, 1.165) is 0 Å². The first-order valence-corrected chi connectivity index (χ1v) is 24.0. The number of benzene rings is 18. The highest BCUT2D eigenvalue weighted by atomic mass is 14.7. The summed E-state index contributed by atoms with van der Waals surface area (Å²) in [7, 11) is 0. The van der Waals surface area contributed by atoms with E-state index in [1.54, 1.807) is 313 Å². The molecule has 0 spiro atoms. The molecule has 28 aromatic rings. The van der Waals surface area contributed by atoms with Crippen LogP contribution in [0, 0.1) is 24.2 Å². The molecule has 0 radical (unpaired) electrons. The van der Waals surface area contributed by atoms with Gasteiger partial charge in [-0.15, -0.1) is 6.42 Å². The van der Waals surface area contributed by atoms with E-state index >= 15 is 0 Å². The van der Waals surface area contributed by atoms with E-state index < -0.39 is 10.8 Å². The van der Waals surface area contributed by atoms with Gasteiger partial charge in [0.05, 0.1) is 5.41 Å². The van der Waals surface area contributed by atoms with Gasteiger partial charge >= 0.3 is 0 Å². The van der Waals surface area contributed by atoms with Crippen LogP contribution in [-0.2, 0) is 10.8 Å². The lowest BCUT2D eigenvalue weighted by atomic mass is 9.49. The number of hydrogen-bond acceptors (Lipinski definition) is 0. The van der Waals surface area contributed by atoms with E-state index in [9.17, 15) is 0 Å². The first kappa shape index (κ1) is 23.3. The molecule has 0 atom stereocenters. The molecular formula is C65H4. The predicted molar refractivity (Wildman–Crippen MR) is 276 cm³/mol. The highest BCUT2D eigenvalue weighted by molar-refractivity contribution is 6.82. The predicted octanol–water partition coefficient (Wildman–Crippen LogP) is 17.0. The van der Waals surface area contributed by atoms with Crippen molar-refractivity contribution in [1.29, 1.82) is 0 Å². The average Bonchev–Trinajstić information content (AvgIpc) is 4.16. The Bertz CT molecular complexity index is 6950. The molecule has 65 heavy (non-hydrogen) atoms. The Hall–Kier alpha value is -8.42. The number of hydrogen-bond donors (Lipinski definition) is 0. The molecule has 4 aliphatic rings. The fraction of sp³-hybridized carbons (Fsp3) is 0.0462. The summed E-state index contributed by atoms with van der Waals surface area (Å²) < 4.78 is 0. The highest BCUT2D eigenvalue weighted by Crippen LogP contribution is 2.84. The topological polar surface area (TPSA) is 0 Å². The zero-order valence-corrected chi connectivity index (χ0v) is 33.1. The van der Waals surface area contributed by atoms with Crippen LogP contribution in [-0.4, -0.2) is 0 Å². The lowest BCUT2D eigenvalue weighted by molar-refractivity contribution is 0.439. The van der Waals surface area contributed by atoms with Gasteiger partial charge in [-0.2, -0.15) is 0 Å². The van der Waals surface area contributed by atoms with Gasteiger partial charge in [-0.25, -0.2) is 0 Å². The standard InChI is InChI=1S/C65H4/c1-3-4-5-65-62-56-50-40-28-20-12-8-6-7-10-14(12)22(28)32-26-18(10)19-11(7)15-13-9(6)17-16(8)24-30(20)38-44-34(24)35-25(17)31-21(13)29-23(15)33-27(19)37-36(26)48(42(32)50)58(62)59-49(37)43(33)51-41(29)47-39(31)45(35)53-52(44)60(54(56)46(38)40)64(65,2)61(53)55(47)57(51)63(59)65/h1H,2H3. The quantitative estimate of drug-likeness (QED) is 0.106. The van der Waals surface area contributed by atoms with Crippen LogP contribution in [0.15, 0.2) is 0 Å². The van der Waals surface area contributed by atoms with Gasteiger partial charge in [-0.1, -0.05) is 5.92 Å². The highest BCUT2D eigenvalue weighted by Gasteiger charge is 2.68. The Morgan fingerprint density at radius 3 is 0.508 bits per heavy atom. The molecule has 0 saturated carbocycles. The van der Waals surface area contributed by atoms with Crippen molar-refractivity contribution >= 4 is 291 Å². The summed E-state index contributed by atoms with van der Waals surface area (Å²) >= 11 is 0. The smallest absolute Gasteiger partial charge is 0.0981 e. The molecule has 0 N–H and O–H groups in total. The van der Waals surface area contributed by atoms with Crippen molar-refractivity contribution in [2.24, 2.45) is 0 Å². The Morgan fingerprint density at radius 2 is 0.354 bits per heavy atom. The largest absolute Gasteiger partial charge is 0.106 e. The van der Waals surface area contributed by atoms with Gasteiger partial charge in [0.1, 0.15) is 0 Å². The molecular weight excluding hydrogens is 781 g/mol. The third kappa shape index (κ3) is 1.17. The zero-order chi connectivity index (χ0) is 38.6. The van der Waals surface area contributed by atoms with Crippen LogP contribution < -0.4 is 0 Å². The van der Waals surface area contributed by atoms with Crippen molar-refractivity contribution in [3.63, 3.8) is 0 Å². The van der Waals surface area contributed by atoms with Gasteiger partial charge in [-0.3, -0.25) is 0 Å². The van der Waals surface area contributed by atoms with Crippen LogP contribution >= 0.6 is 0 Å². The Kier molecular flexibility index (Phi) is 1.82. The fourth-order valence-corrected chi connectivity index (χ4v) is 24.0. The van der Waals surface area contributed by atoms with E-state index in [2.05, 4.69) is 24.7 Å². The molecule has 32 rings (SSSR count). The van der Waals surface area contributed by atoms with Crippen LogP contribution in [0.25, 0.3) is 291 Å². The van der Waals surface area contributed by atoms with Crippen LogP contribution in [0.5, 0.6) is 0 Å². The summed E-state index contributed by atoms with van der Waals surface area (Å²) in [5.74, 6) is 10.9. The first-order valence-electron chi connectivity index (χ1n) is 24.0. The van der Waals surface area contributed by atoms with Gasteiger partial charge < -0.3 is 0 Å². The number of rotatable bonds is 0. The molecule has 0 aromatic heterocycles. The lowest BCUT2D eigenvalue weighted by Gasteiger charge is -2.49. The molecule has 0 heterocycles. The monoisotopic (exact) mass is 784 g/mol. The normalized spacial score (nSPS) is 22.2. The Labute approximate surface area is 353 Å². The first-order chi connectivity index (χ1) is 32.3. The molecule has 0 fully saturated rings. The van der Waals surface area contributed by atoms with Gasteiger partial charge in [0.15, 0.2) is 0 Å². The summed E-state index contributed by atoms with van der Waals surface area (Å²) in [5.41, 5.74) is 5.33. The Morgan fingerprint density at radius 1 is 0.215 bits per heavy atom. The van der Waals surface area contributed by atoms with Crippen molar-refractivity contribution in [2.45, 2.75) is 17.8 Å². The molecule has 0 saturated heterocycles. The fourth-order valence-electron chi connectivity index (χ4n) is 24.0. The van der Waals surface area contributed by atoms with Gasteiger partial charge in [0.25, 0.3) is 0 Å². The van der Waals surface area contributed by atoms with Crippen LogP contribution in [0.1, 0.15) is 29.2 Å². The summed E-state index contributed by atoms with van der Waals surface area (Å²) in [5, 5.41) is 87.3. The molecule has 0 bridgehead atoms. The maximum atomic E-state index is 6.47. The van der Waals surface area contributed by atoms with E-state index in [4.69, 9.17) is 6.42 Å². The Balaban J connectivity index is 1.30. The van der Waals surface area contributed by atoms with Gasteiger partial charge in [-0.05, 0) is 332 Å². The van der Waals surface area contributed by atoms with Crippen molar-refractivity contribution in [3.05, 3.63) is 22.3 Å². The third-order valence-corrected chi connectivity index (χ3v) is 24.1. The molecule has 0 aliphatic heterocycles. The van der Waals surface area contributed by atoms with Gasteiger partial charge in [0, 0.05) is 5.41 Å². The van der Waals surface area contributed by atoms with E-state index in [1.165, 1.54) is 0 Å². The maximum absolute atomic E-state index is 6.47. The molecule has 4 aliphatic carbocycles. The second kappa shape index (κ2) is 5.08. The summed E-state index contributed by atoms with van der Waals surface area (Å²) in [4.78, 5) is 0. The van der Waals surface area contributed by atoms with E-state index in [0.29, 0.717) is 0 Å².